The average Bonchev–Trinajstić information content (AvgIpc) is 2.61. The Bertz CT molecular complexity index is 883. The highest BCUT2D eigenvalue weighted by atomic mass is 19.1. The summed E-state index contributed by atoms with van der Waals surface area (Å²) in [4.78, 5) is 36.3. The first-order valence-corrected chi connectivity index (χ1v) is 8.61. The summed E-state index contributed by atoms with van der Waals surface area (Å²) in [5.41, 5.74) is -0.995. The zero-order valence-corrected chi connectivity index (χ0v) is 15.7. The molecule has 148 valence electrons. The molecule has 0 aliphatic carbocycles. The van der Waals surface area contributed by atoms with Gasteiger partial charge in [0.15, 0.2) is 5.54 Å². The largest absolute Gasteiger partial charge is 0.479 e. The summed E-state index contributed by atoms with van der Waals surface area (Å²) in [5, 5.41) is 17.4. The van der Waals surface area contributed by atoms with Gasteiger partial charge in [-0.15, -0.1) is 0 Å². The highest BCUT2D eigenvalue weighted by Crippen LogP contribution is 2.23. The van der Waals surface area contributed by atoms with Gasteiger partial charge >= 0.3 is 12.0 Å². The van der Waals surface area contributed by atoms with Gasteiger partial charge in [-0.3, -0.25) is 4.79 Å². The number of benzene rings is 2. The molecule has 28 heavy (non-hydrogen) atoms. The minimum atomic E-state index is -1.76. The zero-order valence-electron chi connectivity index (χ0n) is 15.7. The normalized spacial score (nSPS) is 12.8. The lowest BCUT2D eigenvalue weighted by Gasteiger charge is -2.27. The molecule has 0 spiro atoms. The van der Waals surface area contributed by atoms with E-state index in [9.17, 15) is 23.9 Å². The molecule has 0 aliphatic rings. The fourth-order valence-corrected chi connectivity index (χ4v) is 2.50. The van der Waals surface area contributed by atoms with E-state index in [0.717, 1.165) is 12.1 Å². The third-order valence-electron chi connectivity index (χ3n) is 4.02. The minimum absolute atomic E-state index is 0.0570. The van der Waals surface area contributed by atoms with Gasteiger partial charge in [0.05, 0.1) is 0 Å². The van der Waals surface area contributed by atoms with Crippen molar-refractivity contribution in [1.29, 1.82) is 0 Å². The van der Waals surface area contributed by atoms with Gasteiger partial charge in [0.2, 0.25) is 0 Å². The Morgan fingerprint density at radius 2 is 1.71 bits per heavy atom. The van der Waals surface area contributed by atoms with Crippen molar-refractivity contribution in [3.63, 3.8) is 0 Å². The first kappa shape index (κ1) is 20.9. The fraction of sp³-hybridized carbons (Fsp3) is 0.250. The van der Waals surface area contributed by atoms with E-state index in [1.165, 1.54) is 31.2 Å². The van der Waals surface area contributed by atoms with Crippen LogP contribution < -0.4 is 16.0 Å². The highest BCUT2D eigenvalue weighted by Gasteiger charge is 2.37. The lowest BCUT2D eigenvalue weighted by atomic mass is 9.91. The molecule has 8 heteroatoms. The molecule has 3 amide bonds. The number of amides is 3. The van der Waals surface area contributed by atoms with E-state index >= 15 is 0 Å². The number of halogens is 1. The quantitative estimate of drug-likeness (QED) is 0.611. The number of carboxylic acid groups (broad SMARTS) is 1. The number of hydrogen-bond acceptors (Lipinski definition) is 3. The van der Waals surface area contributed by atoms with Gasteiger partial charge in [-0.05, 0) is 56.7 Å². The molecule has 1 atom stereocenters. The molecular formula is C20H22FN3O4. The van der Waals surface area contributed by atoms with Gasteiger partial charge in [-0.2, -0.15) is 0 Å². The molecule has 2 aromatic carbocycles. The summed E-state index contributed by atoms with van der Waals surface area (Å²) >= 11 is 0. The number of anilines is 1. The van der Waals surface area contributed by atoms with Gasteiger partial charge in [0.25, 0.3) is 5.91 Å². The van der Waals surface area contributed by atoms with Crippen LogP contribution >= 0.6 is 0 Å². The summed E-state index contributed by atoms with van der Waals surface area (Å²) < 4.78 is 13.2. The van der Waals surface area contributed by atoms with E-state index in [-0.39, 0.29) is 17.2 Å². The van der Waals surface area contributed by atoms with Crippen LogP contribution in [0.1, 0.15) is 36.7 Å². The summed E-state index contributed by atoms with van der Waals surface area (Å²) in [6.45, 7) is 4.94. The molecule has 4 N–H and O–H groups in total. The van der Waals surface area contributed by atoms with Crippen LogP contribution in [-0.4, -0.2) is 29.1 Å². The molecule has 0 fully saturated rings. The standard InChI is InChI=1S/C20H22FN3O4/c1-12(2)22-19(28)23-16-6-4-5-13(11-16)17(25)24-20(3,18(26)27)14-7-9-15(21)10-8-14/h4-12H,1-3H3,(H,24,25)(H,26,27)(H2,22,23,28). The molecule has 0 radical (unpaired) electrons. The highest BCUT2D eigenvalue weighted by molar-refractivity contribution is 5.99. The topological polar surface area (TPSA) is 108 Å². The Balaban J connectivity index is 2.22. The second kappa shape index (κ2) is 8.51. The second-order valence-corrected chi connectivity index (χ2v) is 6.73. The average molecular weight is 387 g/mol. The predicted octanol–water partition coefficient (Wildman–Crippen LogP) is 3.09. The van der Waals surface area contributed by atoms with Crippen LogP contribution in [0.25, 0.3) is 0 Å². The maximum Gasteiger partial charge on any atom is 0.333 e. The number of rotatable bonds is 6. The van der Waals surface area contributed by atoms with Crippen LogP contribution in [0.15, 0.2) is 48.5 Å². The van der Waals surface area contributed by atoms with Gasteiger partial charge in [0, 0.05) is 17.3 Å². The number of carboxylic acids is 1. The molecule has 0 heterocycles. The lowest BCUT2D eigenvalue weighted by Crippen LogP contribution is -2.49. The number of nitrogens with one attached hydrogen (secondary N) is 3. The first-order valence-electron chi connectivity index (χ1n) is 8.61. The van der Waals surface area contributed by atoms with E-state index in [1.807, 2.05) is 13.8 Å². The SMILES string of the molecule is CC(C)NC(=O)Nc1cccc(C(=O)NC(C)(C(=O)O)c2ccc(F)cc2)c1. The van der Waals surface area contributed by atoms with Crippen LogP contribution in [0.4, 0.5) is 14.9 Å². The molecule has 0 saturated heterocycles. The molecule has 0 aromatic heterocycles. The van der Waals surface area contributed by atoms with Crippen molar-refractivity contribution in [3.8, 4) is 0 Å². The number of aliphatic carboxylic acids is 1. The molecule has 2 rings (SSSR count). The maximum absolute atomic E-state index is 13.2. The monoisotopic (exact) mass is 387 g/mol. The minimum Gasteiger partial charge on any atom is -0.479 e. The van der Waals surface area contributed by atoms with Crippen molar-refractivity contribution in [2.75, 3.05) is 5.32 Å². The number of carbonyl (C=O) groups excluding carboxylic acids is 2. The molecule has 0 bridgehead atoms. The van der Waals surface area contributed by atoms with E-state index in [1.54, 1.807) is 12.1 Å². The molecule has 1 unspecified atom stereocenters. The van der Waals surface area contributed by atoms with Gasteiger partial charge in [-0.25, -0.2) is 14.0 Å². The Morgan fingerprint density at radius 1 is 1.07 bits per heavy atom. The second-order valence-electron chi connectivity index (χ2n) is 6.73. The molecular weight excluding hydrogens is 365 g/mol. The van der Waals surface area contributed by atoms with Crippen molar-refractivity contribution in [2.45, 2.75) is 32.4 Å². The van der Waals surface area contributed by atoms with Crippen molar-refractivity contribution in [2.24, 2.45) is 0 Å². The van der Waals surface area contributed by atoms with Crippen molar-refractivity contribution < 1.29 is 23.9 Å². The maximum atomic E-state index is 13.2. The predicted molar refractivity (Wildman–Crippen MR) is 103 cm³/mol. The Morgan fingerprint density at radius 3 is 2.29 bits per heavy atom. The Hall–Kier alpha value is -3.42. The summed E-state index contributed by atoms with van der Waals surface area (Å²) in [6.07, 6.45) is 0. The zero-order chi connectivity index (χ0) is 20.9. The van der Waals surface area contributed by atoms with Gasteiger partial charge in [-0.1, -0.05) is 18.2 Å². The summed E-state index contributed by atoms with van der Waals surface area (Å²) in [5.74, 6) is -2.46. The molecule has 7 nitrogen and oxygen atoms in total. The van der Waals surface area contributed by atoms with Crippen LogP contribution in [0.3, 0.4) is 0 Å². The molecule has 0 saturated carbocycles. The summed E-state index contributed by atoms with van der Waals surface area (Å²) in [6, 6.07) is 10.5. The van der Waals surface area contributed by atoms with Crippen LogP contribution in [0, 0.1) is 5.82 Å². The Labute approximate surface area is 162 Å². The van der Waals surface area contributed by atoms with Crippen molar-refractivity contribution in [1.82, 2.24) is 10.6 Å². The van der Waals surface area contributed by atoms with Crippen molar-refractivity contribution in [3.05, 3.63) is 65.5 Å². The summed E-state index contributed by atoms with van der Waals surface area (Å²) in [7, 11) is 0. The third-order valence-corrected chi connectivity index (χ3v) is 4.02. The molecule has 2 aromatic rings. The van der Waals surface area contributed by atoms with Gasteiger partial charge in [0.1, 0.15) is 5.82 Å². The van der Waals surface area contributed by atoms with E-state index < -0.39 is 29.3 Å². The van der Waals surface area contributed by atoms with Crippen LogP contribution in [-0.2, 0) is 10.3 Å². The Kier molecular flexibility index (Phi) is 6.35. The number of carbonyl (C=O) groups is 3. The number of urea groups is 1. The number of hydrogen-bond donors (Lipinski definition) is 4. The first-order chi connectivity index (χ1) is 13.1. The van der Waals surface area contributed by atoms with Crippen molar-refractivity contribution >= 4 is 23.6 Å². The van der Waals surface area contributed by atoms with E-state index in [4.69, 9.17) is 0 Å². The lowest BCUT2D eigenvalue weighted by molar-refractivity contribution is -0.144. The fourth-order valence-electron chi connectivity index (χ4n) is 2.50. The third kappa shape index (κ3) is 5.06. The molecule has 0 aliphatic heterocycles. The van der Waals surface area contributed by atoms with Crippen LogP contribution in [0.2, 0.25) is 0 Å². The van der Waals surface area contributed by atoms with Gasteiger partial charge < -0.3 is 21.1 Å². The van der Waals surface area contributed by atoms with Crippen LogP contribution in [0.5, 0.6) is 0 Å². The smallest absolute Gasteiger partial charge is 0.333 e. The van der Waals surface area contributed by atoms with E-state index in [0.29, 0.717) is 5.69 Å². The van der Waals surface area contributed by atoms with E-state index in [2.05, 4.69) is 16.0 Å².